The van der Waals surface area contributed by atoms with Crippen LogP contribution in [0.25, 0.3) is 0 Å². The van der Waals surface area contributed by atoms with Gasteiger partial charge in [-0.25, -0.2) is 0 Å². The summed E-state index contributed by atoms with van der Waals surface area (Å²) < 4.78 is 0. The van der Waals surface area contributed by atoms with Crippen LogP contribution in [-0.2, 0) is 0 Å². The fourth-order valence-corrected chi connectivity index (χ4v) is 2.89. The van der Waals surface area contributed by atoms with E-state index in [4.69, 9.17) is 0 Å². The molecule has 0 fully saturated rings. The molecule has 0 nitrogen and oxygen atoms in total. The summed E-state index contributed by atoms with van der Waals surface area (Å²) in [6.45, 7) is 29.9. The first-order valence-corrected chi connectivity index (χ1v) is 7.86. The van der Waals surface area contributed by atoms with E-state index in [1.165, 1.54) is 6.42 Å². The fraction of sp³-hybridized carbons (Fsp3) is 1.00. The second kappa shape index (κ2) is 6.64. The molecular formula is C19H42. The zero-order valence-corrected chi connectivity index (χ0v) is 16.3. The van der Waals surface area contributed by atoms with E-state index in [0.717, 1.165) is 5.92 Å². The first-order valence-electron chi connectivity index (χ1n) is 7.86. The molecular weight excluding hydrogens is 228 g/mol. The molecule has 0 aliphatic carbocycles. The van der Waals surface area contributed by atoms with Crippen LogP contribution in [-0.4, -0.2) is 0 Å². The summed E-state index contributed by atoms with van der Waals surface area (Å²) in [6, 6.07) is 0. The van der Waals surface area contributed by atoms with Gasteiger partial charge in [-0.3, -0.25) is 0 Å². The molecule has 0 radical (unpaired) electrons. The molecule has 0 rings (SSSR count). The molecule has 0 amide bonds. The molecule has 0 aromatic rings. The van der Waals surface area contributed by atoms with Crippen LogP contribution in [0.1, 0.15) is 96.4 Å². The highest BCUT2D eigenvalue weighted by Crippen LogP contribution is 2.38. The molecule has 118 valence electrons. The van der Waals surface area contributed by atoms with Gasteiger partial charge in [0.2, 0.25) is 0 Å². The van der Waals surface area contributed by atoms with Crippen LogP contribution in [0.5, 0.6) is 0 Å². The first-order chi connectivity index (χ1) is 7.86. The van der Waals surface area contributed by atoms with E-state index in [1.54, 1.807) is 0 Å². The third-order valence-electron chi connectivity index (χ3n) is 3.66. The first kappa shape index (κ1) is 21.3. The van der Waals surface area contributed by atoms with Gasteiger partial charge in [-0.05, 0) is 34.0 Å². The van der Waals surface area contributed by atoms with Crippen LogP contribution in [0.15, 0.2) is 0 Å². The fourth-order valence-electron chi connectivity index (χ4n) is 2.89. The largest absolute Gasteiger partial charge is 0.0615 e. The number of rotatable bonds is 0. The van der Waals surface area contributed by atoms with Crippen molar-refractivity contribution in [3.05, 3.63) is 0 Å². The summed E-state index contributed by atoms with van der Waals surface area (Å²) in [5.74, 6) is 0.764. The van der Waals surface area contributed by atoms with Crippen molar-refractivity contribution in [2.45, 2.75) is 96.4 Å². The molecule has 0 heteroatoms. The Hall–Kier alpha value is 0. The van der Waals surface area contributed by atoms with Crippen molar-refractivity contribution in [1.82, 2.24) is 0 Å². The monoisotopic (exact) mass is 270 g/mol. The smallest absolute Gasteiger partial charge is 0.0345 e. The maximum absolute atomic E-state index is 2.33. The van der Waals surface area contributed by atoms with Gasteiger partial charge in [0.25, 0.3) is 0 Å². The van der Waals surface area contributed by atoms with Crippen molar-refractivity contribution < 1.29 is 0 Å². The van der Waals surface area contributed by atoms with Crippen LogP contribution < -0.4 is 0 Å². The van der Waals surface area contributed by atoms with E-state index in [2.05, 4.69) is 90.0 Å². The molecule has 0 aromatic heterocycles. The van der Waals surface area contributed by atoms with Crippen LogP contribution in [0.4, 0.5) is 0 Å². The third-order valence-corrected chi connectivity index (χ3v) is 3.66. The molecule has 0 unspecified atom stereocenters. The van der Waals surface area contributed by atoms with Crippen LogP contribution in [0.2, 0.25) is 0 Å². The Kier molecular flexibility index (Phi) is 7.44. The zero-order valence-electron chi connectivity index (χ0n) is 16.3. The van der Waals surface area contributed by atoms with Gasteiger partial charge in [0.1, 0.15) is 0 Å². The van der Waals surface area contributed by atoms with Gasteiger partial charge >= 0.3 is 0 Å². The van der Waals surface area contributed by atoms with Crippen LogP contribution in [0.3, 0.4) is 0 Å². The van der Waals surface area contributed by atoms with Crippen molar-refractivity contribution in [1.29, 1.82) is 0 Å². The molecule has 0 spiro atoms. The summed E-state index contributed by atoms with van der Waals surface area (Å²) in [7, 11) is 0. The van der Waals surface area contributed by atoms with Gasteiger partial charge in [-0.2, -0.15) is 0 Å². The topological polar surface area (TPSA) is 0 Å². The lowest BCUT2D eigenvalue weighted by Crippen LogP contribution is -2.29. The van der Waals surface area contributed by atoms with Gasteiger partial charge in [0.15, 0.2) is 0 Å². The molecule has 0 heterocycles. The van der Waals surface area contributed by atoms with E-state index >= 15 is 0 Å². The van der Waals surface area contributed by atoms with Gasteiger partial charge in [0, 0.05) is 0 Å². The lowest BCUT2D eigenvalue weighted by Gasteiger charge is -2.38. The average molecular weight is 271 g/mol. The van der Waals surface area contributed by atoms with E-state index in [9.17, 15) is 0 Å². The Bertz CT molecular complexity index is 205. The highest BCUT2D eigenvalue weighted by molar-refractivity contribution is 4.79. The Morgan fingerprint density at radius 3 is 0.737 bits per heavy atom. The Balaban J connectivity index is 0. The van der Waals surface area contributed by atoms with Gasteiger partial charge in [-0.15, -0.1) is 0 Å². The van der Waals surface area contributed by atoms with E-state index in [-0.39, 0.29) is 0 Å². The van der Waals surface area contributed by atoms with E-state index < -0.39 is 0 Å². The lowest BCUT2D eigenvalue weighted by molar-refractivity contribution is 0.121. The van der Waals surface area contributed by atoms with Crippen molar-refractivity contribution >= 4 is 0 Å². The average Bonchev–Trinajstić information content (AvgIpc) is 1.92. The summed E-state index contributed by atoms with van der Waals surface area (Å²) in [5.41, 5.74) is 1.85. The molecule has 0 bridgehead atoms. The van der Waals surface area contributed by atoms with Gasteiger partial charge in [-0.1, -0.05) is 90.0 Å². The maximum atomic E-state index is 2.33. The summed E-state index contributed by atoms with van der Waals surface area (Å²) in [4.78, 5) is 0. The standard InChI is InChI=1S/C10H22.C9H20/c1-8(9(2,3)4)10(5,6)7;1-8(2,3)7-9(4,5)6/h8H,1-7H3;7H2,1-6H3. The Morgan fingerprint density at radius 1 is 0.526 bits per heavy atom. The van der Waals surface area contributed by atoms with Crippen molar-refractivity contribution in [2.75, 3.05) is 0 Å². The van der Waals surface area contributed by atoms with E-state index in [1.807, 2.05) is 0 Å². The molecule has 0 N–H and O–H groups in total. The molecule has 0 aliphatic rings. The predicted octanol–water partition coefficient (Wildman–Crippen LogP) is 7.18. The third kappa shape index (κ3) is 14.2. The minimum absolute atomic E-state index is 0.443. The molecule has 0 saturated heterocycles. The molecule has 19 heavy (non-hydrogen) atoms. The van der Waals surface area contributed by atoms with Crippen LogP contribution >= 0.6 is 0 Å². The lowest BCUT2D eigenvalue weighted by atomic mass is 9.68. The second-order valence-corrected chi connectivity index (χ2v) is 10.8. The predicted molar refractivity (Wildman–Crippen MR) is 91.6 cm³/mol. The Morgan fingerprint density at radius 2 is 0.737 bits per heavy atom. The molecule has 0 aromatic carbocycles. The van der Waals surface area contributed by atoms with Crippen molar-refractivity contribution in [3.63, 3.8) is 0 Å². The minimum atomic E-state index is 0.443. The number of hydrogen-bond donors (Lipinski definition) is 0. The summed E-state index contributed by atoms with van der Waals surface area (Å²) >= 11 is 0. The van der Waals surface area contributed by atoms with Gasteiger partial charge < -0.3 is 0 Å². The molecule has 0 aliphatic heterocycles. The van der Waals surface area contributed by atoms with Crippen molar-refractivity contribution in [2.24, 2.45) is 27.6 Å². The second-order valence-electron chi connectivity index (χ2n) is 10.8. The highest BCUT2D eigenvalue weighted by atomic mass is 14.4. The maximum Gasteiger partial charge on any atom is -0.0345 e. The zero-order chi connectivity index (χ0) is 16.3. The van der Waals surface area contributed by atoms with Crippen LogP contribution in [0, 0.1) is 27.6 Å². The number of hydrogen-bond acceptors (Lipinski definition) is 0. The SMILES string of the molecule is CC(C(C)(C)C)C(C)(C)C.CC(C)(C)CC(C)(C)C. The van der Waals surface area contributed by atoms with Gasteiger partial charge in [0.05, 0.1) is 0 Å². The Labute approximate surface area is 124 Å². The summed E-state index contributed by atoms with van der Waals surface area (Å²) in [6.07, 6.45) is 1.29. The highest BCUT2D eigenvalue weighted by Gasteiger charge is 2.30. The van der Waals surface area contributed by atoms with E-state index in [0.29, 0.717) is 21.7 Å². The molecule has 0 saturated carbocycles. The minimum Gasteiger partial charge on any atom is -0.0615 e. The summed E-state index contributed by atoms with van der Waals surface area (Å²) in [5, 5.41) is 0. The van der Waals surface area contributed by atoms with Crippen molar-refractivity contribution in [3.8, 4) is 0 Å². The molecule has 0 atom stereocenters. The quantitative estimate of drug-likeness (QED) is 0.437. The normalized spacial score (nSPS) is 14.2.